The van der Waals surface area contributed by atoms with Crippen molar-refractivity contribution in [1.29, 1.82) is 0 Å². The molecule has 18 heavy (non-hydrogen) atoms. The standard InChI is InChI=1S/C14H18ClO2P/c1-17-11-7-5-6-10(15)12(11)13(16)14(18)8-3-2-4-9-14/h5-7H,2-4,8-9,18H2,1H3. The van der Waals surface area contributed by atoms with E-state index in [1.807, 2.05) is 0 Å². The molecule has 1 aromatic carbocycles. The van der Waals surface area contributed by atoms with Crippen molar-refractivity contribution in [2.24, 2.45) is 0 Å². The number of rotatable bonds is 3. The van der Waals surface area contributed by atoms with Crippen molar-refractivity contribution in [2.45, 2.75) is 37.3 Å². The Kier molecular flexibility index (Phi) is 4.29. The first-order chi connectivity index (χ1) is 8.58. The van der Waals surface area contributed by atoms with Crippen LogP contribution in [0, 0.1) is 0 Å². The van der Waals surface area contributed by atoms with Gasteiger partial charge in [0.1, 0.15) is 5.75 Å². The Hall–Kier alpha value is -0.590. The summed E-state index contributed by atoms with van der Waals surface area (Å²) < 4.78 is 5.27. The molecule has 98 valence electrons. The second-order valence-electron chi connectivity index (χ2n) is 4.86. The Balaban J connectivity index is 2.39. The number of carbonyl (C=O) groups is 1. The monoisotopic (exact) mass is 284 g/mol. The van der Waals surface area contributed by atoms with Crippen molar-refractivity contribution in [2.75, 3.05) is 7.11 Å². The number of hydrogen-bond donors (Lipinski definition) is 0. The van der Waals surface area contributed by atoms with Crippen molar-refractivity contribution in [1.82, 2.24) is 0 Å². The van der Waals surface area contributed by atoms with Crippen LogP contribution in [-0.4, -0.2) is 18.0 Å². The first-order valence-corrected chi connectivity index (χ1v) is 7.20. The lowest BCUT2D eigenvalue weighted by atomic mass is 9.82. The van der Waals surface area contributed by atoms with Gasteiger partial charge < -0.3 is 4.74 Å². The molecular weight excluding hydrogens is 267 g/mol. The maximum atomic E-state index is 12.7. The molecule has 0 N–H and O–H groups in total. The second kappa shape index (κ2) is 5.59. The zero-order valence-electron chi connectivity index (χ0n) is 10.5. The molecule has 1 atom stereocenters. The molecule has 1 aliphatic rings. The third-order valence-electron chi connectivity index (χ3n) is 3.62. The highest BCUT2D eigenvalue weighted by atomic mass is 35.5. The van der Waals surface area contributed by atoms with Gasteiger partial charge in [-0.3, -0.25) is 4.79 Å². The van der Waals surface area contributed by atoms with Gasteiger partial charge in [0.15, 0.2) is 5.78 Å². The number of benzene rings is 1. The fourth-order valence-corrected chi connectivity index (χ4v) is 3.36. The number of methoxy groups -OCH3 is 1. The molecule has 0 radical (unpaired) electrons. The first-order valence-electron chi connectivity index (χ1n) is 6.25. The van der Waals surface area contributed by atoms with Crippen molar-refractivity contribution >= 4 is 26.6 Å². The summed E-state index contributed by atoms with van der Waals surface area (Å²) >= 11 is 6.17. The molecule has 0 saturated heterocycles. The molecule has 2 nitrogen and oxygen atoms in total. The Labute approximate surface area is 115 Å². The largest absolute Gasteiger partial charge is 0.496 e. The molecule has 1 aliphatic carbocycles. The minimum atomic E-state index is -0.365. The van der Waals surface area contributed by atoms with E-state index in [-0.39, 0.29) is 10.9 Å². The van der Waals surface area contributed by atoms with Crippen LogP contribution in [0.2, 0.25) is 5.02 Å². The van der Waals surface area contributed by atoms with Crippen LogP contribution in [0.1, 0.15) is 42.5 Å². The second-order valence-corrected chi connectivity index (χ2v) is 6.38. The summed E-state index contributed by atoms with van der Waals surface area (Å²) in [7, 11) is 4.32. The van der Waals surface area contributed by atoms with E-state index in [1.165, 1.54) is 6.42 Å². The fourth-order valence-electron chi connectivity index (χ4n) is 2.55. The minimum absolute atomic E-state index is 0.0923. The lowest BCUT2D eigenvalue weighted by Crippen LogP contribution is -2.34. The summed E-state index contributed by atoms with van der Waals surface area (Å²) in [5.74, 6) is 0.662. The summed E-state index contributed by atoms with van der Waals surface area (Å²) in [4.78, 5) is 12.7. The van der Waals surface area contributed by atoms with E-state index in [1.54, 1.807) is 25.3 Å². The van der Waals surface area contributed by atoms with Gasteiger partial charge in [-0.05, 0) is 25.0 Å². The molecule has 1 aromatic rings. The van der Waals surface area contributed by atoms with Crippen LogP contribution in [-0.2, 0) is 0 Å². The van der Waals surface area contributed by atoms with Crippen molar-refractivity contribution < 1.29 is 9.53 Å². The number of ketones is 1. The Bertz CT molecular complexity index is 453. The van der Waals surface area contributed by atoms with Gasteiger partial charge in [-0.2, -0.15) is 0 Å². The molecular formula is C14H18ClO2P. The Morgan fingerprint density at radius 2 is 2.00 bits per heavy atom. The van der Waals surface area contributed by atoms with Crippen molar-refractivity contribution in [3.63, 3.8) is 0 Å². The quantitative estimate of drug-likeness (QED) is 0.617. The summed E-state index contributed by atoms with van der Waals surface area (Å²) in [5.41, 5.74) is 0.526. The Morgan fingerprint density at radius 1 is 1.33 bits per heavy atom. The average molecular weight is 285 g/mol. The van der Waals surface area contributed by atoms with Crippen molar-refractivity contribution in [3.05, 3.63) is 28.8 Å². The van der Waals surface area contributed by atoms with Gasteiger partial charge in [-0.15, -0.1) is 9.24 Å². The average Bonchev–Trinajstić information content (AvgIpc) is 2.38. The van der Waals surface area contributed by atoms with Crippen LogP contribution in [0.25, 0.3) is 0 Å². The first kappa shape index (κ1) is 13.8. The molecule has 1 unspecified atom stereocenters. The lowest BCUT2D eigenvalue weighted by Gasteiger charge is -2.32. The normalized spacial score (nSPS) is 18.4. The van der Waals surface area contributed by atoms with Crippen LogP contribution in [0.4, 0.5) is 0 Å². The van der Waals surface area contributed by atoms with Gasteiger partial charge in [0.05, 0.1) is 17.7 Å². The van der Waals surface area contributed by atoms with Gasteiger partial charge in [0.2, 0.25) is 0 Å². The molecule has 1 saturated carbocycles. The molecule has 1 fully saturated rings. The van der Waals surface area contributed by atoms with Crippen LogP contribution in [0.15, 0.2) is 18.2 Å². The van der Waals surface area contributed by atoms with Gasteiger partial charge in [0.25, 0.3) is 0 Å². The third-order valence-corrected chi connectivity index (χ3v) is 4.77. The predicted octanol–water partition coefficient (Wildman–Crippen LogP) is 4.11. The van der Waals surface area contributed by atoms with Crippen LogP contribution in [0.3, 0.4) is 0 Å². The number of Topliss-reactive ketones (excluding diaryl/α,β-unsaturated/α-hetero) is 1. The number of carbonyl (C=O) groups excluding carboxylic acids is 1. The maximum Gasteiger partial charge on any atom is 0.177 e. The van der Waals surface area contributed by atoms with Gasteiger partial charge in [-0.1, -0.05) is 36.9 Å². The topological polar surface area (TPSA) is 26.3 Å². The molecule has 0 heterocycles. The van der Waals surface area contributed by atoms with Gasteiger partial charge in [0, 0.05) is 5.16 Å². The predicted molar refractivity (Wildman–Crippen MR) is 77.9 cm³/mol. The van der Waals surface area contributed by atoms with Gasteiger partial charge >= 0.3 is 0 Å². The molecule has 0 amide bonds. The van der Waals surface area contributed by atoms with Crippen LogP contribution < -0.4 is 4.74 Å². The molecule has 0 aromatic heterocycles. The summed E-state index contributed by atoms with van der Waals surface area (Å²) in [5, 5.41) is 0.114. The minimum Gasteiger partial charge on any atom is -0.496 e. The third kappa shape index (κ3) is 2.55. The van der Waals surface area contributed by atoms with E-state index in [0.29, 0.717) is 16.3 Å². The van der Waals surface area contributed by atoms with Crippen molar-refractivity contribution in [3.8, 4) is 5.75 Å². The maximum absolute atomic E-state index is 12.7. The fraction of sp³-hybridized carbons (Fsp3) is 0.500. The lowest BCUT2D eigenvalue weighted by molar-refractivity contribution is 0.0915. The van der Waals surface area contributed by atoms with Crippen LogP contribution in [0.5, 0.6) is 5.75 Å². The molecule has 0 aliphatic heterocycles. The smallest absolute Gasteiger partial charge is 0.177 e. The molecule has 2 rings (SSSR count). The van der Waals surface area contributed by atoms with Crippen LogP contribution >= 0.6 is 20.8 Å². The molecule has 0 spiro atoms. The number of hydrogen-bond acceptors (Lipinski definition) is 2. The highest BCUT2D eigenvalue weighted by molar-refractivity contribution is 7.21. The van der Waals surface area contributed by atoms with E-state index in [2.05, 4.69) is 9.24 Å². The molecule has 4 heteroatoms. The summed E-state index contributed by atoms with van der Waals surface area (Å²) in [6, 6.07) is 5.33. The number of ether oxygens (including phenoxy) is 1. The SMILES string of the molecule is COc1cccc(Cl)c1C(=O)C1(P)CCCCC1. The van der Waals surface area contributed by atoms with E-state index in [9.17, 15) is 4.79 Å². The highest BCUT2D eigenvalue weighted by Gasteiger charge is 2.37. The van der Waals surface area contributed by atoms with E-state index >= 15 is 0 Å². The van der Waals surface area contributed by atoms with E-state index < -0.39 is 0 Å². The summed E-state index contributed by atoms with van der Waals surface area (Å²) in [6.07, 6.45) is 5.23. The van der Waals surface area contributed by atoms with Gasteiger partial charge in [-0.25, -0.2) is 0 Å². The zero-order valence-corrected chi connectivity index (χ0v) is 12.5. The Morgan fingerprint density at radius 3 is 2.61 bits per heavy atom. The zero-order chi connectivity index (χ0) is 13.2. The molecule has 0 bridgehead atoms. The highest BCUT2D eigenvalue weighted by Crippen LogP contribution is 2.41. The number of halogens is 1. The van der Waals surface area contributed by atoms with E-state index in [0.717, 1.165) is 25.7 Å². The summed E-state index contributed by atoms with van der Waals surface area (Å²) in [6.45, 7) is 0. The van der Waals surface area contributed by atoms with E-state index in [4.69, 9.17) is 16.3 Å².